The molecule has 0 spiro atoms. The SMILES string of the molecule is Cc1cc(N(C)C2CCOC2)c2cc(F)ccc2n1. The maximum Gasteiger partial charge on any atom is 0.124 e. The van der Waals surface area contributed by atoms with E-state index in [1.165, 1.54) is 6.07 Å². The number of aryl methyl sites for hydroxylation is 1. The van der Waals surface area contributed by atoms with Gasteiger partial charge in [-0.05, 0) is 37.6 Å². The first kappa shape index (κ1) is 12.4. The molecule has 1 aliphatic rings. The first-order chi connectivity index (χ1) is 9.15. The predicted octanol–water partition coefficient (Wildman–Crippen LogP) is 2.91. The summed E-state index contributed by atoms with van der Waals surface area (Å²) in [6, 6.07) is 7.12. The lowest BCUT2D eigenvalue weighted by Gasteiger charge is -2.27. The van der Waals surface area contributed by atoms with Gasteiger partial charge in [0.1, 0.15) is 5.82 Å². The van der Waals surface area contributed by atoms with E-state index >= 15 is 0 Å². The van der Waals surface area contributed by atoms with Gasteiger partial charge in [-0.2, -0.15) is 0 Å². The number of likely N-dealkylation sites (N-methyl/N-ethyl adjacent to an activating group) is 1. The van der Waals surface area contributed by atoms with Gasteiger partial charge in [0.05, 0.1) is 18.2 Å². The molecule has 0 bridgehead atoms. The van der Waals surface area contributed by atoms with E-state index in [1.807, 2.05) is 20.0 Å². The lowest BCUT2D eigenvalue weighted by Crippen LogP contribution is -2.32. The van der Waals surface area contributed by atoms with Crippen molar-refractivity contribution in [2.75, 3.05) is 25.2 Å². The van der Waals surface area contributed by atoms with Crippen molar-refractivity contribution >= 4 is 16.6 Å². The van der Waals surface area contributed by atoms with Gasteiger partial charge in [-0.1, -0.05) is 0 Å². The maximum atomic E-state index is 13.5. The minimum Gasteiger partial charge on any atom is -0.379 e. The molecule has 0 radical (unpaired) electrons. The zero-order chi connectivity index (χ0) is 13.4. The van der Waals surface area contributed by atoms with Crippen LogP contribution < -0.4 is 4.90 Å². The summed E-state index contributed by atoms with van der Waals surface area (Å²) < 4.78 is 18.9. The highest BCUT2D eigenvalue weighted by Gasteiger charge is 2.22. The second-order valence-electron chi connectivity index (χ2n) is 5.07. The first-order valence-corrected chi connectivity index (χ1v) is 6.52. The normalized spacial score (nSPS) is 19.0. The number of nitrogens with zero attached hydrogens (tertiary/aromatic N) is 2. The fourth-order valence-corrected chi connectivity index (χ4v) is 2.62. The Kier molecular flexibility index (Phi) is 3.11. The third kappa shape index (κ3) is 2.28. The standard InChI is InChI=1S/C15H17FN2O/c1-10-7-15(18(2)12-5-6-19-9-12)13-8-11(16)3-4-14(13)17-10/h3-4,7-8,12H,5-6,9H2,1-2H3. The van der Waals surface area contributed by atoms with Gasteiger partial charge >= 0.3 is 0 Å². The molecule has 2 heterocycles. The minimum absolute atomic E-state index is 0.226. The van der Waals surface area contributed by atoms with Crippen molar-refractivity contribution in [2.24, 2.45) is 0 Å². The minimum atomic E-state index is -0.226. The summed E-state index contributed by atoms with van der Waals surface area (Å²) in [7, 11) is 2.04. The smallest absolute Gasteiger partial charge is 0.124 e. The van der Waals surface area contributed by atoms with Crippen molar-refractivity contribution in [3.63, 3.8) is 0 Å². The predicted molar refractivity (Wildman–Crippen MR) is 74.1 cm³/mol. The number of hydrogen-bond acceptors (Lipinski definition) is 3. The van der Waals surface area contributed by atoms with E-state index in [0.717, 1.165) is 41.9 Å². The summed E-state index contributed by atoms with van der Waals surface area (Å²) in [4.78, 5) is 6.65. The molecule has 1 aliphatic heterocycles. The van der Waals surface area contributed by atoms with Gasteiger partial charge in [-0.3, -0.25) is 4.98 Å². The molecule has 0 amide bonds. The zero-order valence-corrected chi connectivity index (χ0v) is 11.2. The van der Waals surface area contributed by atoms with E-state index in [2.05, 4.69) is 9.88 Å². The summed E-state index contributed by atoms with van der Waals surface area (Å²) in [5, 5.41) is 0.861. The maximum absolute atomic E-state index is 13.5. The van der Waals surface area contributed by atoms with Crippen LogP contribution >= 0.6 is 0 Å². The first-order valence-electron chi connectivity index (χ1n) is 6.52. The highest BCUT2D eigenvalue weighted by atomic mass is 19.1. The third-order valence-electron chi connectivity index (χ3n) is 3.71. The van der Waals surface area contributed by atoms with Crippen LogP contribution in [0.3, 0.4) is 0 Å². The molecule has 100 valence electrons. The van der Waals surface area contributed by atoms with Gasteiger partial charge in [0.25, 0.3) is 0 Å². The molecule has 0 saturated carbocycles. The van der Waals surface area contributed by atoms with E-state index in [4.69, 9.17) is 4.74 Å². The van der Waals surface area contributed by atoms with Crippen LogP contribution in [0, 0.1) is 12.7 Å². The van der Waals surface area contributed by atoms with Crippen molar-refractivity contribution in [1.29, 1.82) is 0 Å². The van der Waals surface area contributed by atoms with Crippen LogP contribution in [0.5, 0.6) is 0 Å². The van der Waals surface area contributed by atoms with Crippen LogP contribution in [0.2, 0.25) is 0 Å². The quantitative estimate of drug-likeness (QED) is 0.830. The molecule has 1 unspecified atom stereocenters. The lowest BCUT2D eigenvalue weighted by atomic mass is 10.1. The highest BCUT2D eigenvalue weighted by Crippen LogP contribution is 2.29. The Balaban J connectivity index is 2.12. The molecule has 0 aliphatic carbocycles. The van der Waals surface area contributed by atoms with Crippen LogP contribution in [-0.2, 0) is 4.74 Å². The second kappa shape index (κ2) is 4.78. The number of aromatic nitrogens is 1. The fraction of sp³-hybridized carbons (Fsp3) is 0.400. The molecule has 1 aromatic heterocycles. The van der Waals surface area contributed by atoms with E-state index in [9.17, 15) is 4.39 Å². The average molecular weight is 260 g/mol. The summed E-state index contributed by atoms with van der Waals surface area (Å²) in [5.41, 5.74) is 2.81. The molecule has 1 aromatic carbocycles. The van der Waals surface area contributed by atoms with Gasteiger partial charge < -0.3 is 9.64 Å². The summed E-state index contributed by atoms with van der Waals surface area (Å²) in [6.07, 6.45) is 1.01. The Labute approximate surface area is 112 Å². The van der Waals surface area contributed by atoms with Crippen molar-refractivity contribution in [1.82, 2.24) is 4.98 Å². The number of pyridine rings is 1. The van der Waals surface area contributed by atoms with Crippen LogP contribution in [0.1, 0.15) is 12.1 Å². The molecule has 1 atom stereocenters. The number of ether oxygens (including phenoxy) is 1. The molecule has 3 rings (SSSR count). The number of fused-ring (bicyclic) bond motifs is 1. The van der Waals surface area contributed by atoms with E-state index < -0.39 is 0 Å². The summed E-state index contributed by atoms with van der Waals surface area (Å²) >= 11 is 0. The molecule has 4 heteroatoms. The van der Waals surface area contributed by atoms with Crippen molar-refractivity contribution in [3.8, 4) is 0 Å². The van der Waals surface area contributed by atoms with Crippen molar-refractivity contribution < 1.29 is 9.13 Å². The highest BCUT2D eigenvalue weighted by molar-refractivity contribution is 5.92. The van der Waals surface area contributed by atoms with E-state index in [0.29, 0.717) is 6.04 Å². The third-order valence-corrected chi connectivity index (χ3v) is 3.71. The number of rotatable bonds is 2. The second-order valence-corrected chi connectivity index (χ2v) is 5.07. The van der Waals surface area contributed by atoms with Crippen molar-refractivity contribution in [3.05, 3.63) is 35.8 Å². The van der Waals surface area contributed by atoms with Crippen LogP contribution in [0.4, 0.5) is 10.1 Å². The molecule has 2 aromatic rings. The Bertz CT molecular complexity index is 608. The Hall–Kier alpha value is -1.68. The van der Waals surface area contributed by atoms with Gasteiger partial charge in [0, 0.05) is 30.4 Å². The van der Waals surface area contributed by atoms with Gasteiger partial charge in [0.2, 0.25) is 0 Å². The van der Waals surface area contributed by atoms with E-state index in [-0.39, 0.29) is 5.82 Å². The fourth-order valence-electron chi connectivity index (χ4n) is 2.62. The van der Waals surface area contributed by atoms with E-state index in [1.54, 1.807) is 12.1 Å². The van der Waals surface area contributed by atoms with Crippen molar-refractivity contribution in [2.45, 2.75) is 19.4 Å². The number of benzene rings is 1. The average Bonchev–Trinajstić information content (AvgIpc) is 2.91. The Morgan fingerprint density at radius 1 is 1.37 bits per heavy atom. The topological polar surface area (TPSA) is 25.4 Å². The van der Waals surface area contributed by atoms with Crippen LogP contribution in [-0.4, -0.2) is 31.3 Å². The largest absolute Gasteiger partial charge is 0.379 e. The summed E-state index contributed by atoms with van der Waals surface area (Å²) in [5.74, 6) is -0.226. The molecule has 1 fully saturated rings. The molecule has 19 heavy (non-hydrogen) atoms. The van der Waals surface area contributed by atoms with Gasteiger partial charge in [-0.15, -0.1) is 0 Å². The molecular formula is C15H17FN2O. The monoisotopic (exact) mass is 260 g/mol. The van der Waals surface area contributed by atoms with Gasteiger partial charge in [0.15, 0.2) is 0 Å². The molecule has 0 N–H and O–H groups in total. The van der Waals surface area contributed by atoms with Crippen LogP contribution in [0.25, 0.3) is 10.9 Å². The Morgan fingerprint density at radius 3 is 2.95 bits per heavy atom. The summed E-state index contributed by atoms with van der Waals surface area (Å²) in [6.45, 7) is 3.49. The molecule has 1 saturated heterocycles. The number of anilines is 1. The Morgan fingerprint density at radius 2 is 2.21 bits per heavy atom. The number of halogens is 1. The number of hydrogen-bond donors (Lipinski definition) is 0. The lowest BCUT2D eigenvalue weighted by molar-refractivity contribution is 0.193. The zero-order valence-electron chi connectivity index (χ0n) is 11.2. The molecular weight excluding hydrogens is 243 g/mol. The molecule has 3 nitrogen and oxygen atoms in total. The van der Waals surface area contributed by atoms with Gasteiger partial charge in [-0.25, -0.2) is 4.39 Å². The van der Waals surface area contributed by atoms with Crippen LogP contribution in [0.15, 0.2) is 24.3 Å².